The highest BCUT2D eigenvalue weighted by atomic mass is 79.9. The molecular weight excluding hydrogens is 516 g/mol. The Balaban J connectivity index is 1.64. The quantitative estimate of drug-likeness (QED) is 0.366. The highest BCUT2D eigenvalue weighted by Crippen LogP contribution is 2.36. The summed E-state index contributed by atoms with van der Waals surface area (Å²) in [5.41, 5.74) is 2.95. The molecule has 0 amide bonds. The minimum absolute atomic E-state index is 0.108. The third-order valence-electron chi connectivity index (χ3n) is 4.83. The van der Waals surface area contributed by atoms with E-state index in [9.17, 15) is 8.42 Å². The first-order chi connectivity index (χ1) is 15.3. The molecule has 3 rings (SSSR count). The lowest BCUT2D eigenvalue weighted by Gasteiger charge is -2.17. The topological polar surface area (TPSA) is 90.6 Å². The van der Waals surface area contributed by atoms with Gasteiger partial charge in [-0.3, -0.25) is 0 Å². The number of hydrogen-bond donors (Lipinski definition) is 2. The molecule has 3 aromatic rings. The molecule has 3 N–H and O–H groups in total. The van der Waals surface area contributed by atoms with Crippen LogP contribution in [0.4, 0.5) is 0 Å². The summed E-state index contributed by atoms with van der Waals surface area (Å²) >= 11 is 9.57. The second-order valence-corrected chi connectivity index (χ2v) is 9.94. The SMILES string of the molecule is COc1ccc(Br)c(CNCCc2ccc(S(N)(=O)=O)cc2)c1OCc1ccc(Cl)cc1. The predicted molar refractivity (Wildman–Crippen MR) is 130 cm³/mol. The van der Waals surface area contributed by atoms with Gasteiger partial charge in [-0.1, -0.05) is 51.8 Å². The number of primary sulfonamides is 1. The zero-order valence-corrected chi connectivity index (χ0v) is 20.6. The van der Waals surface area contributed by atoms with Crippen molar-refractivity contribution in [3.8, 4) is 11.5 Å². The van der Waals surface area contributed by atoms with Gasteiger partial charge < -0.3 is 14.8 Å². The van der Waals surface area contributed by atoms with Gasteiger partial charge in [-0.2, -0.15) is 0 Å². The zero-order chi connectivity index (χ0) is 23.1. The second-order valence-electron chi connectivity index (χ2n) is 7.09. The fraction of sp³-hybridized carbons (Fsp3) is 0.217. The highest BCUT2D eigenvalue weighted by molar-refractivity contribution is 9.10. The molecule has 32 heavy (non-hydrogen) atoms. The molecule has 0 spiro atoms. The van der Waals surface area contributed by atoms with Crippen molar-refractivity contribution in [1.82, 2.24) is 5.32 Å². The number of benzene rings is 3. The minimum Gasteiger partial charge on any atom is -0.493 e. The Kier molecular flexibility index (Phi) is 8.56. The molecule has 6 nitrogen and oxygen atoms in total. The Hall–Kier alpha value is -2.10. The molecule has 0 fully saturated rings. The van der Waals surface area contributed by atoms with Crippen molar-refractivity contribution in [3.63, 3.8) is 0 Å². The van der Waals surface area contributed by atoms with Crippen molar-refractivity contribution in [2.24, 2.45) is 5.14 Å². The van der Waals surface area contributed by atoms with Gasteiger partial charge in [-0.05, 0) is 60.5 Å². The van der Waals surface area contributed by atoms with Gasteiger partial charge in [0.1, 0.15) is 6.61 Å². The number of ether oxygens (including phenoxy) is 2. The van der Waals surface area contributed by atoms with E-state index in [0.717, 1.165) is 27.6 Å². The molecule has 3 aromatic carbocycles. The summed E-state index contributed by atoms with van der Waals surface area (Å²) in [5.74, 6) is 1.32. The monoisotopic (exact) mass is 538 g/mol. The summed E-state index contributed by atoms with van der Waals surface area (Å²) in [6.07, 6.45) is 0.730. The zero-order valence-electron chi connectivity index (χ0n) is 17.5. The highest BCUT2D eigenvalue weighted by Gasteiger charge is 2.15. The maximum atomic E-state index is 11.4. The third-order valence-corrected chi connectivity index (χ3v) is 6.75. The standard InChI is InChI=1S/C23H24BrClN2O4S/c1-30-22-11-10-21(24)20(23(22)31-15-17-2-6-18(25)7-3-17)14-27-13-12-16-4-8-19(9-5-16)32(26,28)29/h2-11,27H,12-15H2,1H3,(H2,26,28,29). The van der Waals surface area contributed by atoms with E-state index < -0.39 is 10.0 Å². The largest absolute Gasteiger partial charge is 0.493 e. The van der Waals surface area contributed by atoms with Crippen LogP contribution in [0.2, 0.25) is 5.02 Å². The summed E-state index contributed by atoms with van der Waals surface area (Å²) in [6, 6.07) is 17.9. The smallest absolute Gasteiger partial charge is 0.238 e. The molecule has 0 bridgehead atoms. The second kappa shape index (κ2) is 11.2. The van der Waals surface area contributed by atoms with Gasteiger partial charge in [0, 0.05) is 21.6 Å². The van der Waals surface area contributed by atoms with Crippen molar-refractivity contribution in [1.29, 1.82) is 0 Å². The Morgan fingerprint density at radius 1 is 1.00 bits per heavy atom. The van der Waals surface area contributed by atoms with Crippen LogP contribution < -0.4 is 19.9 Å². The van der Waals surface area contributed by atoms with Gasteiger partial charge in [0.2, 0.25) is 10.0 Å². The van der Waals surface area contributed by atoms with E-state index in [1.165, 1.54) is 12.1 Å². The molecule has 0 radical (unpaired) electrons. The van der Waals surface area contributed by atoms with Crippen LogP contribution in [0, 0.1) is 0 Å². The van der Waals surface area contributed by atoms with Gasteiger partial charge in [-0.25, -0.2) is 13.6 Å². The van der Waals surface area contributed by atoms with Gasteiger partial charge in [0.25, 0.3) is 0 Å². The van der Waals surface area contributed by atoms with Crippen LogP contribution in [-0.4, -0.2) is 22.1 Å². The normalized spacial score (nSPS) is 11.4. The van der Waals surface area contributed by atoms with Gasteiger partial charge in [0.15, 0.2) is 11.5 Å². The maximum Gasteiger partial charge on any atom is 0.238 e. The minimum atomic E-state index is -3.68. The van der Waals surface area contributed by atoms with Gasteiger partial charge >= 0.3 is 0 Å². The lowest BCUT2D eigenvalue weighted by atomic mass is 10.1. The fourth-order valence-corrected chi connectivity index (χ4v) is 4.19. The van der Waals surface area contributed by atoms with Crippen LogP contribution in [0.25, 0.3) is 0 Å². The Morgan fingerprint density at radius 2 is 1.66 bits per heavy atom. The number of nitrogens with two attached hydrogens (primary N) is 1. The van der Waals surface area contributed by atoms with E-state index in [0.29, 0.717) is 36.2 Å². The van der Waals surface area contributed by atoms with E-state index in [4.69, 9.17) is 26.2 Å². The van der Waals surface area contributed by atoms with E-state index >= 15 is 0 Å². The first kappa shape index (κ1) is 24.5. The lowest BCUT2D eigenvalue weighted by molar-refractivity contribution is 0.280. The molecule has 0 saturated heterocycles. The summed E-state index contributed by atoms with van der Waals surface area (Å²) < 4.78 is 35.3. The van der Waals surface area contributed by atoms with Crippen LogP contribution in [0.15, 0.2) is 70.0 Å². The summed E-state index contributed by atoms with van der Waals surface area (Å²) in [4.78, 5) is 0.108. The van der Waals surface area contributed by atoms with Crippen LogP contribution in [-0.2, 0) is 29.6 Å². The van der Waals surface area contributed by atoms with Crippen molar-refractivity contribution >= 4 is 37.6 Å². The average molecular weight is 540 g/mol. The number of sulfonamides is 1. The summed E-state index contributed by atoms with van der Waals surface area (Å²) in [5, 5.41) is 9.23. The molecule has 0 saturated carbocycles. The molecule has 0 heterocycles. The van der Waals surface area contributed by atoms with E-state index in [1.807, 2.05) is 36.4 Å². The Labute approximate surface area is 201 Å². The summed E-state index contributed by atoms with van der Waals surface area (Å²) in [7, 11) is -2.07. The molecule has 0 aliphatic carbocycles. The van der Waals surface area contributed by atoms with Crippen LogP contribution >= 0.6 is 27.5 Å². The van der Waals surface area contributed by atoms with Crippen molar-refractivity contribution < 1.29 is 17.9 Å². The van der Waals surface area contributed by atoms with Crippen molar-refractivity contribution in [3.05, 3.63) is 86.8 Å². The number of halogens is 2. The van der Waals surface area contributed by atoms with Crippen molar-refractivity contribution in [2.75, 3.05) is 13.7 Å². The number of nitrogens with one attached hydrogen (secondary N) is 1. The first-order valence-corrected chi connectivity index (χ1v) is 12.5. The van der Waals surface area contributed by atoms with Gasteiger partial charge in [0.05, 0.1) is 12.0 Å². The molecule has 0 aliphatic rings. The lowest BCUT2D eigenvalue weighted by Crippen LogP contribution is -2.18. The fourth-order valence-electron chi connectivity index (χ4n) is 3.09. The van der Waals surface area contributed by atoms with Crippen molar-refractivity contribution in [2.45, 2.75) is 24.5 Å². The van der Waals surface area contributed by atoms with E-state index in [1.54, 1.807) is 19.2 Å². The van der Waals surface area contributed by atoms with Crippen LogP contribution in [0.1, 0.15) is 16.7 Å². The number of rotatable bonds is 10. The molecule has 0 atom stereocenters. The molecule has 9 heteroatoms. The average Bonchev–Trinajstić information content (AvgIpc) is 2.77. The van der Waals surface area contributed by atoms with E-state index in [-0.39, 0.29) is 4.90 Å². The Bertz CT molecular complexity index is 1150. The molecule has 170 valence electrons. The van der Waals surface area contributed by atoms with Crippen LogP contribution in [0.3, 0.4) is 0 Å². The number of methoxy groups -OCH3 is 1. The molecule has 0 aromatic heterocycles. The summed E-state index contributed by atoms with van der Waals surface area (Å²) in [6.45, 7) is 1.63. The molecular formula is C23H24BrClN2O4S. The number of hydrogen-bond acceptors (Lipinski definition) is 5. The van der Waals surface area contributed by atoms with E-state index in [2.05, 4.69) is 21.2 Å². The molecule has 0 unspecified atom stereocenters. The van der Waals surface area contributed by atoms with Gasteiger partial charge in [-0.15, -0.1) is 0 Å². The van der Waals surface area contributed by atoms with Crippen LogP contribution in [0.5, 0.6) is 11.5 Å². The Morgan fingerprint density at radius 3 is 2.28 bits per heavy atom. The third kappa shape index (κ3) is 6.70. The maximum absolute atomic E-state index is 11.4. The predicted octanol–water partition coefficient (Wildman–Crippen LogP) is 4.67. The molecule has 0 aliphatic heterocycles. The first-order valence-electron chi connectivity index (χ1n) is 9.83.